The highest BCUT2D eigenvalue weighted by atomic mass is 16.4. The van der Waals surface area contributed by atoms with Gasteiger partial charge < -0.3 is 15.0 Å². The van der Waals surface area contributed by atoms with E-state index in [-0.39, 0.29) is 5.56 Å². The van der Waals surface area contributed by atoms with E-state index in [1.54, 1.807) is 0 Å². The van der Waals surface area contributed by atoms with Gasteiger partial charge >= 0.3 is 5.97 Å². The van der Waals surface area contributed by atoms with Gasteiger partial charge in [-0.25, -0.2) is 4.79 Å². The molecule has 1 unspecified atom stereocenters. The maximum absolute atomic E-state index is 11.8. The van der Waals surface area contributed by atoms with E-state index in [1.807, 2.05) is 0 Å². The molecule has 0 aliphatic rings. The van der Waals surface area contributed by atoms with Crippen LogP contribution < -0.4 is 5.43 Å². The number of aliphatic carboxylic acids is 1. The molecular weight excluding hydrogens is 212 g/mol. The zero-order valence-electron chi connectivity index (χ0n) is 8.93. The minimum Gasteiger partial charge on any atom is -0.480 e. The lowest BCUT2D eigenvalue weighted by Gasteiger charge is -2.20. The van der Waals surface area contributed by atoms with Crippen LogP contribution in [0.4, 0.5) is 0 Å². The summed E-state index contributed by atoms with van der Waals surface area (Å²) >= 11 is 0. The van der Waals surface area contributed by atoms with Crippen LogP contribution in [-0.2, 0) is 4.79 Å². The van der Waals surface area contributed by atoms with Crippen molar-refractivity contribution >= 4 is 11.9 Å². The van der Waals surface area contributed by atoms with Crippen molar-refractivity contribution in [2.24, 2.45) is 0 Å². The molecule has 0 saturated heterocycles. The van der Waals surface area contributed by atoms with Crippen LogP contribution in [0.15, 0.2) is 23.3 Å². The molecule has 1 rings (SSSR count). The van der Waals surface area contributed by atoms with Crippen LogP contribution in [0.2, 0.25) is 0 Å². The van der Waals surface area contributed by atoms with Crippen LogP contribution in [0.25, 0.3) is 0 Å². The van der Waals surface area contributed by atoms with Crippen LogP contribution in [0.1, 0.15) is 17.3 Å². The third-order valence-electron chi connectivity index (χ3n) is 2.31. The largest absolute Gasteiger partial charge is 0.480 e. The molecule has 0 saturated carbocycles. The van der Waals surface area contributed by atoms with Crippen molar-refractivity contribution in [3.05, 3.63) is 34.2 Å². The summed E-state index contributed by atoms with van der Waals surface area (Å²) in [6.45, 7) is 1.37. The van der Waals surface area contributed by atoms with Crippen molar-refractivity contribution in [2.75, 3.05) is 7.05 Å². The first-order chi connectivity index (χ1) is 7.45. The molecular formula is C10H12N2O4. The number of carboxylic acids is 1. The Balaban J connectivity index is 3.00. The summed E-state index contributed by atoms with van der Waals surface area (Å²) in [4.78, 5) is 37.4. The first-order valence-corrected chi connectivity index (χ1v) is 4.62. The fourth-order valence-electron chi connectivity index (χ4n) is 1.11. The number of hydrogen-bond donors (Lipinski definition) is 2. The molecule has 1 atom stereocenters. The van der Waals surface area contributed by atoms with Crippen LogP contribution in [-0.4, -0.2) is 40.0 Å². The Hall–Kier alpha value is -2.11. The van der Waals surface area contributed by atoms with E-state index in [9.17, 15) is 14.4 Å². The number of rotatable bonds is 3. The smallest absolute Gasteiger partial charge is 0.326 e. The molecule has 2 N–H and O–H groups in total. The molecule has 0 spiro atoms. The van der Waals surface area contributed by atoms with Gasteiger partial charge in [-0.3, -0.25) is 9.59 Å². The van der Waals surface area contributed by atoms with E-state index in [0.717, 1.165) is 4.90 Å². The highest BCUT2D eigenvalue weighted by molar-refractivity contribution is 5.95. The quantitative estimate of drug-likeness (QED) is 0.751. The number of aromatic amines is 1. The molecule has 0 fully saturated rings. The van der Waals surface area contributed by atoms with Gasteiger partial charge in [-0.05, 0) is 6.92 Å². The van der Waals surface area contributed by atoms with E-state index >= 15 is 0 Å². The van der Waals surface area contributed by atoms with Crippen molar-refractivity contribution in [1.29, 1.82) is 0 Å². The molecule has 16 heavy (non-hydrogen) atoms. The zero-order valence-corrected chi connectivity index (χ0v) is 8.93. The number of amides is 1. The monoisotopic (exact) mass is 224 g/mol. The zero-order chi connectivity index (χ0) is 12.3. The number of likely N-dealkylation sites (N-methyl/N-ethyl adjacent to an activating group) is 1. The maximum atomic E-state index is 11.8. The average Bonchev–Trinajstić information content (AvgIpc) is 2.26. The predicted molar refractivity (Wildman–Crippen MR) is 56.3 cm³/mol. The van der Waals surface area contributed by atoms with Gasteiger partial charge in [0.25, 0.3) is 5.91 Å². The Morgan fingerprint density at radius 1 is 1.50 bits per heavy atom. The lowest BCUT2D eigenvalue weighted by atomic mass is 10.2. The fraction of sp³-hybridized carbons (Fsp3) is 0.300. The second-order valence-electron chi connectivity index (χ2n) is 3.35. The first kappa shape index (κ1) is 12.0. The summed E-state index contributed by atoms with van der Waals surface area (Å²) in [5.41, 5.74) is -0.508. The van der Waals surface area contributed by atoms with E-state index in [4.69, 9.17) is 5.11 Å². The Morgan fingerprint density at radius 3 is 2.62 bits per heavy atom. The summed E-state index contributed by atoms with van der Waals surface area (Å²) in [6.07, 6.45) is 2.66. The van der Waals surface area contributed by atoms with Crippen LogP contribution in [0, 0.1) is 0 Å². The molecule has 0 aliphatic carbocycles. The van der Waals surface area contributed by atoms with Crippen LogP contribution >= 0.6 is 0 Å². The molecule has 0 aromatic carbocycles. The summed E-state index contributed by atoms with van der Waals surface area (Å²) in [6, 6.07) is 0.235. The number of aromatic nitrogens is 1. The molecule has 0 aliphatic heterocycles. The summed E-state index contributed by atoms with van der Waals surface area (Å²) in [5.74, 6) is -1.74. The normalized spacial score (nSPS) is 11.9. The van der Waals surface area contributed by atoms with Crippen molar-refractivity contribution in [2.45, 2.75) is 13.0 Å². The van der Waals surface area contributed by atoms with Gasteiger partial charge in [-0.1, -0.05) is 0 Å². The Morgan fingerprint density at radius 2 is 2.12 bits per heavy atom. The lowest BCUT2D eigenvalue weighted by Crippen LogP contribution is -2.41. The summed E-state index contributed by atoms with van der Waals surface area (Å²) in [7, 11) is 1.34. The molecule has 1 aromatic rings. The van der Waals surface area contributed by atoms with Crippen molar-refractivity contribution in [3.8, 4) is 0 Å². The van der Waals surface area contributed by atoms with Gasteiger partial charge in [0.1, 0.15) is 11.6 Å². The average molecular weight is 224 g/mol. The van der Waals surface area contributed by atoms with Gasteiger partial charge in [-0.15, -0.1) is 0 Å². The molecule has 6 heteroatoms. The van der Waals surface area contributed by atoms with Crippen LogP contribution in [0.3, 0.4) is 0 Å². The van der Waals surface area contributed by atoms with Crippen LogP contribution in [0.5, 0.6) is 0 Å². The second-order valence-corrected chi connectivity index (χ2v) is 3.35. The Kier molecular flexibility index (Phi) is 3.44. The number of nitrogens with one attached hydrogen (secondary N) is 1. The minimum atomic E-state index is -1.12. The van der Waals surface area contributed by atoms with Crippen molar-refractivity contribution in [1.82, 2.24) is 9.88 Å². The number of nitrogens with zero attached hydrogens (tertiary/aromatic N) is 1. The first-order valence-electron chi connectivity index (χ1n) is 4.62. The number of carboxylic acid groups (broad SMARTS) is 1. The van der Waals surface area contributed by atoms with Gasteiger partial charge in [0, 0.05) is 25.5 Å². The molecule has 1 aromatic heterocycles. The number of pyridine rings is 1. The molecule has 86 valence electrons. The molecule has 0 radical (unpaired) electrons. The third-order valence-corrected chi connectivity index (χ3v) is 2.31. The molecule has 0 bridgehead atoms. The summed E-state index contributed by atoms with van der Waals surface area (Å²) < 4.78 is 0. The molecule has 1 amide bonds. The number of H-pyrrole nitrogens is 1. The number of carbonyl (C=O) groups excluding carboxylic acids is 1. The highest BCUT2D eigenvalue weighted by Gasteiger charge is 2.23. The second kappa shape index (κ2) is 4.61. The number of hydrogen-bond acceptors (Lipinski definition) is 3. The summed E-state index contributed by atoms with van der Waals surface area (Å²) in [5, 5.41) is 8.74. The standard InChI is InChI=1S/C10H12N2O4/c1-6(10(15)16)12(2)9(14)7-5-11-4-3-8(7)13/h3-6H,1-2H3,(H,11,13)(H,15,16). The van der Waals surface area contributed by atoms with E-state index in [0.29, 0.717) is 0 Å². The maximum Gasteiger partial charge on any atom is 0.326 e. The van der Waals surface area contributed by atoms with Crippen molar-refractivity contribution in [3.63, 3.8) is 0 Å². The fourth-order valence-corrected chi connectivity index (χ4v) is 1.11. The van der Waals surface area contributed by atoms with Gasteiger partial charge in [0.15, 0.2) is 5.43 Å². The van der Waals surface area contributed by atoms with Gasteiger partial charge in [0.2, 0.25) is 0 Å². The van der Waals surface area contributed by atoms with Crippen molar-refractivity contribution < 1.29 is 14.7 Å². The Labute approximate surface area is 91.5 Å². The van der Waals surface area contributed by atoms with E-state index < -0.39 is 23.3 Å². The SMILES string of the molecule is CC(C(=O)O)N(C)C(=O)c1c[nH]ccc1=O. The number of carbonyl (C=O) groups is 2. The lowest BCUT2D eigenvalue weighted by molar-refractivity contribution is -0.141. The molecule has 6 nitrogen and oxygen atoms in total. The third kappa shape index (κ3) is 2.28. The van der Waals surface area contributed by atoms with E-state index in [1.165, 1.54) is 32.4 Å². The molecule has 1 heterocycles. The minimum absolute atomic E-state index is 0.0712. The van der Waals surface area contributed by atoms with E-state index in [2.05, 4.69) is 4.98 Å². The predicted octanol–water partition coefficient (Wildman–Crippen LogP) is -0.0800. The topological polar surface area (TPSA) is 90.5 Å². The Bertz CT molecular complexity index is 466. The van der Waals surface area contributed by atoms with Gasteiger partial charge in [0.05, 0.1) is 0 Å². The van der Waals surface area contributed by atoms with Gasteiger partial charge in [-0.2, -0.15) is 0 Å². The highest BCUT2D eigenvalue weighted by Crippen LogP contribution is 2.01.